The second-order valence-corrected chi connectivity index (χ2v) is 4.66. The number of nitrogens with one attached hydrogen (secondary N) is 1. The van der Waals surface area contributed by atoms with E-state index in [0.29, 0.717) is 0 Å². The SMILES string of the molecule is CNCCN1CC(C)CC(C)C1C. The van der Waals surface area contributed by atoms with Gasteiger partial charge in [-0.3, -0.25) is 4.90 Å². The molecule has 3 unspecified atom stereocenters. The summed E-state index contributed by atoms with van der Waals surface area (Å²) in [5.74, 6) is 1.74. The van der Waals surface area contributed by atoms with E-state index in [1.165, 1.54) is 19.5 Å². The third kappa shape index (κ3) is 2.96. The first-order valence-corrected chi connectivity index (χ1v) is 5.53. The van der Waals surface area contributed by atoms with Gasteiger partial charge in [-0.1, -0.05) is 13.8 Å². The van der Waals surface area contributed by atoms with Crippen LogP contribution in [-0.2, 0) is 0 Å². The summed E-state index contributed by atoms with van der Waals surface area (Å²) in [7, 11) is 2.03. The molecule has 0 aromatic carbocycles. The van der Waals surface area contributed by atoms with Gasteiger partial charge in [-0.05, 0) is 32.2 Å². The summed E-state index contributed by atoms with van der Waals surface area (Å²) in [4.78, 5) is 2.62. The zero-order valence-electron chi connectivity index (χ0n) is 9.51. The van der Waals surface area contributed by atoms with Crippen molar-refractivity contribution in [2.45, 2.75) is 33.2 Å². The molecule has 0 saturated carbocycles. The van der Waals surface area contributed by atoms with E-state index in [0.717, 1.165) is 24.4 Å². The molecule has 1 rings (SSSR count). The summed E-state index contributed by atoms with van der Waals surface area (Å²) in [5, 5.41) is 3.22. The molecule has 0 aromatic heterocycles. The monoisotopic (exact) mass is 184 g/mol. The van der Waals surface area contributed by atoms with Crippen molar-refractivity contribution < 1.29 is 0 Å². The van der Waals surface area contributed by atoms with E-state index < -0.39 is 0 Å². The third-order valence-corrected chi connectivity index (χ3v) is 3.37. The lowest BCUT2D eigenvalue weighted by atomic mass is 9.86. The molecule has 2 heteroatoms. The average molecular weight is 184 g/mol. The number of nitrogens with zero attached hydrogens (tertiary/aromatic N) is 1. The Morgan fingerprint density at radius 3 is 2.62 bits per heavy atom. The van der Waals surface area contributed by atoms with Gasteiger partial charge in [-0.25, -0.2) is 0 Å². The van der Waals surface area contributed by atoms with Crippen LogP contribution < -0.4 is 5.32 Å². The van der Waals surface area contributed by atoms with Crippen molar-refractivity contribution in [3.63, 3.8) is 0 Å². The molecule has 1 aliphatic heterocycles. The summed E-state index contributed by atoms with van der Waals surface area (Å²) in [6.07, 6.45) is 1.40. The van der Waals surface area contributed by atoms with Crippen molar-refractivity contribution >= 4 is 0 Å². The van der Waals surface area contributed by atoms with E-state index in [1.807, 2.05) is 7.05 Å². The summed E-state index contributed by atoms with van der Waals surface area (Å²) in [5.41, 5.74) is 0. The predicted octanol–water partition coefficient (Wildman–Crippen LogP) is 1.57. The Morgan fingerprint density at radius 2 is 2.00 bits per heavy atom. The molecule has 2 nitrogen and oxygen atoms in total. The Balaban J connectivity index is 2.41. The van der Waals surface area contributed by atoms with Crippen LogP contribution in [0.5, 0.6) is 0 Å². The normalized spacial score (nSPS) is 36.5. The van der Waals surface area contributed by atoms with Crippen molar-refractivity contribution in [1.29, 1.82) is 0 Å². The van der Waals surface area contributed by atoms with Gasteiger partial charge in [0.15, 0.2) is 0 Å². The van der Waals surface area contributed by atoms with Crippen LogP contribution in [0.2, 0.25) is 0 Å². The van der Waals surface area contributed by atoms with E-state index in [1.54, 1.807) is 0 Å². The Morgan fingerprint density at radius 1 is 1.31 bits per heavy atom. The lowest BCUT2D eigenvalue weighted by Crippen LogP contribution is -2.47. The summed E-state index contributed by atoms with van der Waals surface area (Å²) in [6.45, 7) is 10.7. The zero-order chi connectivity index (χ0) is 9.84. The number of likely N-dealkylation sites (N-methyl/N-ethyl adjacent to an activating group) is 1. The second-order valence-electron chi connectivity index (χ2n) is 4.66. The van der Waals surface area contributed by atoms with Crippen molar-refractivity contribution in [2.75, 3.05) is 26.7 Å². The van der Waals surface area contributed by atoms with Crippen molar-refractivity contribution in [2.24, 2.45) is 11.8 Å². The van der Waals surface area contributed by atoms with Crippen LogP contribution in [0, 0.1) is 11.8 Å². The number of likely N-dealkylation sites (tertiary alicyclic amines) is 1. The fourth-order valence-electron chi connectivity index (χ4n) is 2.38. The molecule has 0 aromatic rings. The number of hydrogen-bond acceptors (Lipinski definition) is 2. The Labute approximate surface area is 82.7 Å². The molecular weight excluding hydrogens is 160 g/mol. The number of hydrogen-bond donors (Lipinski definition) is 1. The van der Waals surface area contributed by atoms with Gasteiger partial charge in [0.05, 0.1) is 0 Å². The molecule has 13 heavy (non-hydrogen) atoms. The summed E-state index contributed by atoms with van der Waals surface area (Å²) in [6, 6.07) is 0.768. The molecule has 1 N–H and O–H groups in total. The fraction of sp³-hybridized carbons (Fsp3) is 1.00. The van der Waals surface area contributed by atoms with E-state index in [9.17, 15) is 0 Å². The molecular formula is C11H24N2. The van der Waals surface area contributed by atoms with Crippen LogP contribution in [0.15, 0.2) is 0 Å². The molecule has 1 fully saturated rings. The van der Waals surface area contributed by atoms with Crippen LogP contribution in [-0.4, -0.2) is 37.6 Å². The Bertz CT molecular complexity index is 147. The lowest BCUT2D eigenvalue weighted by Gasteiger charge is -2.41. The molecule has 1 heterocycles. The number of piperidine rings is 1. The summed E-state index contributed by atoms with van der Waals surface area (Å²) < 4.78 is 0. The molecule has 3 atom stereocenters. The summed E-state index contributed by atoms with van der Waals surface area (Å²) >= 11 is 0. The molecule has 0 spiro atoms. The molecule has 0 bridgehead atoms. The Kier molecular flexibility index (Phi) is 4.20. The van der Waals surface area contributed by atoms with Crippen LogP contribution in [0.1, 0.15) is 27.2 Å². The number of rotatable bonds is 3. The molecule has 1 saturated heterocycles. The van der Waals surface area contributed by atoms with Gasteiger partial charge in [0.25, 0.3) is 0 Å². The predicted molar refractivity (Wildman–Crippen MR) is 57.9 cm³/mol. The van der Waals surface area contributed by atoms with E-state index in [2.05, 4.69) is 31.0 Å². The van der Waals surface area contributed by atoms with Crippen molar-refractivity contribution in [3.05, 3.63) is 0 Å². The van der Waals surface area contributed by atoms with E-state index in [4.69, 9.17) is 0 Å². The quantitative estimate of drug-likeness (QED) is 0.716. The highest BCUT2D eigenvalue weighted by atomic mass is 15.2. The minimum absolute atomic E-state index is 0.768. The van der Waals surface area contributed by atoms with Crippen molar-refractivity contribution in [3.8, 4) is 0 Å². The first-order chi connectivity index (χ1) is 6.15. The third-order valence-electron chi connectivity index (χ3n) is 3.37. The Hall–Kier alpha value is -0.0800. The molecule has 0 radical (unpaired) electrons. The van der Waals surface area contributed by atoms with Crippen molar-refractivity contribution in [1.82, 2.24) is 10.2 Å². The lowest BCUT2D eigenvalue weighted by molar-refractivity contribution is 0.0813. The molecule has 0 aliphatic carbocycles. The minimum Gasteiger partial charge on any atom is -0.318 e. The van der Waals surface area contributed by atoms with Crippen LogP contribution >= 0.6 is 0 Å². The maximum atomic E-state index is 3.22. The van der Waals surface area contributed by atoms with Gasteiger partial charge in [0, 0.05) is 25.7 Å². The van der Waals surface area contributed by atoms with Crippen LogP contribution in [0.25, 0.3) is 0 Å². The van der Waals surface area contributed by atoms with Gasteiger partial charge in [0.2, 0.25) is 0 Å². The van der Waals surface area contributed by atoms with Crippen LogP contribution in [0.3, 0.4) is 0 Å². The van der Waals surface area contributed by atoms with Gasteiger partial charge in [-0.15, -0.1) is 0 Å². The van der Waals surface area contributed by atoms with Gasteiger partial charge in [0.1, 0.15) is 0 Å². The maximum Gasteiger partial charge on any atom is 0.0110 e. The zero-order valence-corrected chi connectivity index (χ0v) is 9.51. The van der Waals surface area contributed by atoms with Crippen LogP contribution in [0.4, 0.5) is 0 Å². The highest BCUT2D eigenvalue weighted by Gasteiger charge is 2.27. The van der Waals surface area contributed by atoms with E-state index in [-0.39, 0.29) is 0 Å². The highest BCUT2D eigenvalue weighted by molar-refractivity contribution is 4.81. The first kappa shape index (κ1) is 11.0. The topological polar surface area (TPSA) is 15.3 Å². The van der Waals surface area contributed by atoms with Gasteiger partial charge >= 0.3 is 0 Å². The fourth-order valence-corrected chi connectivity index (χ4v) is 2.38. The second kappa shape index (κ2) is 4.97. The largest absolute Gasteiger partial charge is 0.318 e. The maximum absolute atomic E-state index is 3.22. The van der Waals surface area contributed by atoms with Gasteiger partial charge < -0.3 is 5.32 Å². The molecule has 78 valence electrons. The average Bonchev–Trinajstić information content (AvgIpc) is 2.09. The van der Waals surface area contributed by atoms with Gasteiger partial charge in [-0.2, -0.15) is 0 Å². The standard InChI is InChI=1S/C11H24N2/c1-9-7-10(2)11(3)13(8-9)6-5-12-4/h9-12H,5-8H2,1-4H3. The van der Waals surface area contributed by atoms with E-state index >= 15 is 0 Å². The molecule has 0 amide bonds. The minimum atomic E-state index is 0.768. The first-order valence-electron chi connectivity index (χ1n) is 5.53. The highest BCUT2D eigenvalue weighted by Crippen LogP contribution is 2.26. The smallest absolute Gasteiger partial charge is 0.0110 e. The molecule has 1 aliphatic rings.